The molecule has 0 spiro atoms. The van der Waals surface area contributed by atoms with Gasteiger partial charge in [-0.15, -0.1) is 0 Å². The first kappa shape index (κ1) is 12.3. The lowest BCUT2D eigenvalue weighted by Gasteiger charge is -2.33. The molecule has 0 aromatic heterocycles. The average Bonchev–Trinajstić information content (AvgIpc) is 2.30. The van der Waals surface area contributed by atoms with Gasteiger partial charge in [-0.25, -0.2) is 0 Å². The van der Waals surface area contributed by atoms with Gasteiger partial charge in [0.05, 0.1) is 12.3 Å². The highest BCUT2D eigenvalue weighted by molar-refractivity contribution is 4.79. The van der Waals surface area contributed by atoms with E-state index in [4.69, 9.17) is 0 Å². The fraction of sp³-hybridized carbons (Fsp3) is 1.00. The van der Waals surface area contributed by atoms with Crippen LogP contribution in [0, 0.1) is 11.8 Å². The molecule has 0 aromatic rings. The normalized spacial score (nSPS) is 40.9. The van der Waals surface area contributed by atoms with Crippen LogP contribution in [0.1, 0.15) is 26.7 Å². The zero-order valence-corrected chi connectivity index (χ0v) is 10.6. The van der Waals surface area contributed by atoms with Crippen molar-refractivity contribution in [3.05, 3.63) is 0 Å². The van der Waals surface area contributed by atoms with Crippen LogP contribution in [0.4, 0.5) is 0 Å². The molecule has 2 saturated heterocycles. The fourth-order valence-corrected chi connectivity index (χ4v) is 2.40. The monoisotopic (exact) mass is 226 g/mol. The molecule has 2 aliphatic heterocycles. The predicted octanol–water partition coefficient (Wildman–Crippen LogP) is 0.0766. The Morgan fingerprint density at radius 1 is 0.688 bits per heavy atom. The van der Waals surface area contributed by atoms with E-state index in [-0.39, 0.29) is 0 Å². The Balaban J connectivity index is 1.60. The van der Waals surface area contributed by atoms with Crippen LogP contribution in [0.2, 0.25) is 0 Å². The second-order valence-corrected chi connectivity index (χ2v) is 5.53. The highest BCUT2D eigenvalue weighted by Crippen LogP contribution is 2.07. The third-order valence-corrected chi connectivity index (χ3v) is 3.59. The summed E-state index contributed by atoms with van der Waals surface area (Å²) in [5.41, 5.74) is 0. The zero-order valence-electron chi connectivity index (χ0n) is 10.6. The highest BCUT2D eigenvalue weighted by Gasteiger charge is 2.20. The molecule has 4 heteroatoms. The van der Waals surface area contributed by atoms with Crippen LogP contribution in [-0.4, -0.2) is 38.5 Å². The second-order valence-electron chi connectivity index (χ2n) is 5.53. The minimum atomic E-state index is 0.513. The molecule has 4 N–H and O–H groups in total. The van der Waals surface area contributed by atoms with Gasteiger partial charge in [-0.2, -0.15) is 0 Å². The Kier molecular flexibility index (Phi) is 4.58. The van der Waals surface area contributed by atoms with Gasteiger partial charge < -0.3 is 21.3 Å². The Morgan fingerprint density at radius 3 is 1.31 bits per heavy atom. The van der Waals surface area contributed by atoms with Gasteiger partial charge in [0.15, 0.2) is 0 Å². The number of rotatable bonds is 3. The van der Waals surface area contributed by atoms with Crippen molar-refractivity contribution in [1.82, 2.24) is 21.3 Å². The van der Waals surface area contributed by atoms with Gasteiger partial charge >= 0.3 is 0 Å². The van der Waals surface area contributed by atoms with Crippen molar-refractivity contribution in [3.8, 4) is 0 Å². The number of hydrogen-bond donors (Lipinski definition) is 4. The van der Waals surface area contributed by atoms with E-state index in [0.29, 0.717) is 12.3 Å². The van der Waals surface area contributed by atoms with Gasteiger partial charge in [0.2, 0.25) is 0 Å². The third kappa shape index (κ3) is 3.70. The summed E-state index contributed by atoms with van der Waals surface area (Å²) < 4.78 is 0. The summed E-state index contributed by atoms with van der Waals surface area (Å²) in [6.07, 6.45) is 3.43. The van der Waals surface area contributed by atoms with E-state index in [2.05, 4.69) is 35.1 Å². The van der Waals surface area contributed by atoms with Crippen molar-refractivity contribution in [1.29, 1.82) is 0 Å². The standard InChI is InChI=1S/C12H26N4/c1-9-5-13-11(14-6-9)3-4-12-15-7-10(2)8-16-12/h9-16H,3-8H2,1-2H3. The minimum Gasteiger partial charge on any atom is -0.302 e. The molecule has 16 heavy (non-hydrogen) atoms. The van der Waals surface area contributed by atoms with E-state index in [1.54, 1.807) is 0 Å². The van der Waals surface area contributed by atoms with Crippen LogP contribution >= 0.6 is 0 Å². The second kappa shape index (κ2) is 5.96. The van der Waals surface area contributed by atoms with Crippen LogP contribution in [0.15, 0.2) is 0 Å². The van der Waals surface area contributed by atoms with Crippen LogP contribution in [0.25, 0.3) is 0 Å². The van der Waals surface area contributed by atoms with E-state index in [1.165, 1.54) is 12.8 Å². The number of nitrogens with one attached hydrogen (secondary N) is 4. The Labute approximate surface area is 98.9 Å². The van der Waals surface area contributed by atoms with Gasteiger partial charge in [0.1, 0.15) is 0 Å². The van der Waals surface area contributed by atoms with Crippen LogP contribution < -0.4 is 21.3 Å². The predicted molar refractivity (Wildman–Crippen MR) is 67.1 cm³/mol. The molecule has 2 aliphatic rings. The van der Waals surface area contributed by atoms with E-state index >= 15 is 0 Å². The number of hydrogen-bond acceptors (Lipinski definition) is 4. The molecule has 0 saturated carbocycles. The molecule has 94 valence electrons. The molecule has 0 atom stereocenters. The first-order valence-electron chi connectivity index (χ1n) is 6.67. The smallest absolute Gasteiger partial charge is 0.0572 e. The van der Waals surface area contributed by atoms with Crippen LogP contribution in [0.3, 0.4) is 0 Å². The summed E-state index contributed by atoms with van der Waals surface area (Å²) in [5.74, 6) is 1.53. The average molecular weight is 226 g/mol. The van der Waals surface area contributed by atoms with Gasteiger partial charge in [0, 0.05) is 26.2 Å². The molecule has 0 radical (unpaired) electrons. The van der Waals surface area contributed by atoms with Gasteiger partial charge in [0.25, 0.3) is 0 Å². The largest absolute Gasteiger partial charge is 0.302 e. The summed E-state index contributed by atoms with van der Waals surface area (Å²) in [4.78, 5) is 0. The van der Waals surface area contributed by atoms with Gasteiger partial charge in [-0.05, 0) is 24.7 Å². The summed E-state index contributed by atoms with van der Waals surface area (Å²) in [5, 5.41) is 14.2. The first-order chi connectivity index (χ1) is 7.74. The molecule has 0 aromatic carbocycles. The van der Waals surface area contributed by atoms with Crippen LogP contribution in [0.5, 0.6) is 0 Å². The lowest BCUT2D eigenvalue weighted by molar-refractivity contribution is 0.250. The van der Waals surface area contributed by atoms with Crippen molar-refractivity contribution >= 4 is 0 Å². The Hall–Kier alpha value is -0.160. The van der Waals surface area contributed by atoms with Crippen molar-refractivity contribution in [2.24, 2.45) is 11.8 Å². The summed E-state index contributed by atoms with van der Waals surface area (Å²) >= 11 is 0. The molecule has 0 unspecified atom stereocenters. The fourth-order valence-electron chi connectivity index (χ4n) is 2.40. The topological polar surface area (TPSA) is 48.1 Å². The van der Waals surface area contributed by atoms with Crippen molar-refractivity contribution in [2.75, 3.05) is 26.2 Å². The maximum atomic E-state index is 3.55. The molecule has 0 bridgehead atoms. The lowest BCUT2D eigenvalue weighted by Crippen LogP contribution is -2.55. The first-order valence-corrected chi connectivity index (χ1v) is 6.67. The molecule has 0 amide bonds. The Morgan fingerprint density at radius 2 is 1.00 bits per heavy atom. The van der Waals surface area contributed by atoms with Crippen molar-refractivity contribution in [2.45, 2.75) is 39.0 Å². The van der Waals surface area contributed by atoms with Crippen molar-refractivity contribution in [3.63, 3.8) is 0 Å². The Bertz CT molecular complexity index is 171. The molecule has 0 aliphatic carbocycles. The van der Waals surface area contributed by atoms with Crippen molar-refractivity contribution < 1.29 is 0 Å². The molecular formula is C12H26N4. The van der Waals surface area contributed by atoms with Gasteiger partial charge in [-0.3, -0.25) is 0 Å². The summed E-state index contributed by atoms with van der Waals surface area (Å²) in [6, 6.07) is 0. The van der Waals surface area contributed by atoms with E-state index in [9.17, 15) is 0 Å². The van der Waals surface area contributed by atoms with Gasteiger partial charge in [-0.1, -0.05) is 13.8 Å². The zero-order chi connectivity index (χ0) is 11.4. The maximum Gasteiger partial charge on any atom is 0.0572 e. The third-order valence-electron chi connectivity index (χ3n) is 3.59. The highest BCUT2D eigenvalue weighted by atomic mass is 15.2. The molecular weight excluding hydrogens is 200 g/mol. The minimum absolute atomic E-state index is 0.513. The summed E-state index contributed by atoms with van der Waals surface area (Å²) in [7, 11) is 0. The van der Waals surface area contributed by atoms with E-state index in [0.717, 1.165) is 38.0 Å². The molecule has 2 fully saturated rings. The summed E-state index contributed by atoms with van der Waals surface area (Å²) in [6.45, 7) is 9.17. The van der Waals surface area contributed by atoms with E-state index < -0.39 is 0 Å². The SMILES string of the molecule is CC1CNC(CCC2NCC(C)CN2)NC1. The maximum absolute atomic E-state index is 3.55. The van der Waals surface area contributed by atoms with E-state index in [1.807, 2.05) is 0 Å². The molecule has 2 heterocycles. The quantitative estimate of drug-likeness (QED) is 0.550. The molecule has 2 rings (SSSR count). The lowest BCUT2D eigenvalue weighted by atomic mass is 10.1. The van der Waals surface area contributed by atoms with Crippen LogP contribution in [-0.2, 0) is 0 Å². The molecule has 4 nitrogen and oxygen atoms in total.